The number of aliphatic hydroxyl groups excluding tert-OH is 2. The Hall–Kier alpha value is -1.40. The quantitative estimate of drug-likeness (QED) is 0.466. The van der Waals surface area contributed by atoms with Crippen molar-refractivity contribution in [2.75, 3.05) is 0 Å². The lowest BCUT2D eigenvalue weighted by atomic mass is 10.1. The van der Waals surface area contributed by atoms with Crippen LogP contribution < -0.4 is 5.73 Å². The van der Waals surface area contributed by atoms with E-state index in [9.17, 15) is 15.0 Å². The van der Waals surface area contributed by atoms with Crippen LogP contribution in [0.15, 0.2) is 12.5 Å². The Morgan fingerprint density at radius 2 is 2.38 bits per heavy atom. The molecule has 1 heterocycles. The van der Waals surface area contributed by atoms with Crippen LogP contribution in [0.4, 0.5) is 0 Å². The van der Waals surface area contributed by atoms with Crippen LogP contribution in [-0.2, 0) is 4.79 Å². The summed E-state index contributed by atoms with van der Waals surface area (Å²) in [7, 11) is 0. The fourth-order valence-electron chi connectivity index (χ4n) is 0.953. The summed E-state index contributed by atoms with van der Waals surface area (Å²) < 4.78 is 0. The lowest BCUT2D eigenvalue weighted by molar-refractivity contribution is -0.121. The smallest absolute Gasteiger partial charge is 0.220 e. The Morgan fingerprint density at radius 1 is 1.69 bits per heavy atom. The number of nitrogens with zero attached hydrogens (tertiary/aromatic N) is 1. The topological polar surface area (TPSA) is 112 Å². The standard InChI is InChI=1S/C7H11N3O3/c8-6(12)1-5(11)7(13)4-2-9-3-10-4/h2-3,5,7,11,13H,1H2,(H2,8,12)(H,9,10). The average Bonchev–Trinajstić information content (AvgIpc) is 2.53. The highest BCUT2D eigenvalue weighted by molar-refractivity contribution is 5.74. The van der Waals surface area contributed by atoms with Crippen LogP contribution >= 0.6 is 0 Å². The molecular weight excluding hydrogens is 174 g/mol. The summed E-state index contributed by atoms with van der Waals surface area (Å²) in [5.74, 6) is -0.661. The molecule has 2 atom stereocenters. The molecule has 13 heavy (non-hydrogen) atoms. The first-order valence-electron chi connectivity index (χ1n) is 3.74. The molecule has 0 radical (unpaired) electrons. The third-order valence-corrected chi connectivity index (χ3v) is 1.61. The number of carbonyl (C=O) groups is 1. The molecule has 5 N–H and O–H groups in total. The fourth-order valence-corrected chi connectivity index (χ4v) is 0.953. The lowest BCUT2D eigenvalue weighted by Crippen LogP contribution is -2.25. The molecule has 6 nitrogen and oxygen atoms in total. The number of rotatable bonds is 4. The summed E-state index contributed by atoms with van der Waals surface area (Å²) in [5, 5.41) is 18.7. The van der Waals surface area contributed by atoms with Crippen molar-refractivity contribution in [2.24, 2.45) is 5.73 Å². The van der Waals surface area contributed by atoms with Gasteiger partial charge in [-0.25, -0.2) is 4.98 Å². The average molecular weight is 185 g/mol. The van der Waals surface area contributed by atoms with Crippen molar-refractivity contribution in [2.45, 2.75) is 18.6 Å². The van der Waals surface area contributed by atoms with E-state index in [1.54, 1.807) is 0 Å². The molecule has 1 amide bonds. The number of hydrogen-bond acceptors (Lipinski definition) is 4. The molecule has 2 unspecified atom stereocenters. The Labute approximate surface area is 74.4 Å². The van der Waals surface area contributed by atoms with Gasteiger partial charge in [0.1, 0.15) is 6.10 Å². The van der Waals surface area contributed by atoms with Crippen molar-refractivity contribution in [1.29, 1.82) is 0 Å². The highest BCUT2D eigenvalue weighted by Gasteiger charge is 2.20. The number of aromatic amines is 1. The molecule has 0 aliphatic heterocycles. The molecule has 0 aromatic carbocycles. The molecule has 1 aromatic rings. The van der Waals surface area contributed by atoms with Gasteiger partial charge in [-0.05, 0) is 0 Å². The predicted octanol–water partition coefficient (Wildman–Crippen LogP) is -1.32. The van der Waals surface area contributed by atoms with E-state index in [4.69, 9.17) is 5.73 Å². The number of nitrogens with one attached hydrogen (secondary N) is 1. The second kappa shape index (κ2) is 4.01. The second-order valence-electron chi connectivity index (χ2n) is 2.69. The van der Waals surface area contributed by atoms with Crippen LogP contribution in [0, 0.1) is 0 Å². The predicted molar refractivity (Wildman–Crippen MR) is 43.4 cm³/mol. The largest absolute Gasteiger partial charge is 0.389 e. The zero-order valence-electron chi connectivity index (χ0n) is 6.84. The number of nitrogens with two attached hydrogens (primary N) is 1. The van der Waals surface area contributed by atoms with Crippen molar-refractivity contribution in [3.63, 3.8) is 0 Å². The van der Waals surface area contributed by atoms with E-state index in [0.717, 1.165) is 0 Å². The van der Waals surface area contributed by atoms with Crippen LogP contribution in [0.3, 0.4) is 0 Å². The zero-order chi connectivity index (χ0) is 9.84. The van der Waals surface area contributed by atoms with E-state index < -0.39 is 18.1 Å². The van der Waals surface area contributed by atoms with Crippen LogP contribution in [0.25, 0.3) is 0 Å². The molecule has 1 aromatic heterocycles. The Morgan fingerprint density at radius 3 is 2.85 bits per heavy atom. The Balaban J connectivity index is 2.57. The number of amides is 1. The van der Waals surface area contributed by atoms with Crippen LogP contribution in [0.2, 0.25) is 0 Å². The fraction of sp³-hybridized carbons (Fsp3) is 0.429. The molecule has 0 bridgehead atoms. The van der Waals surface area contributed by atoms with Crippen LogP contribution in [0.5, 0.6) is 0 Å². The van der Waals surface area contributed by atoms with Crippen molar-refractivity contribution >= 4 is 5.91 Å². The highest BCUT2D eigenvalue weighted by atomic mass is 16.3. The first-order chi connectivity index (χ1) is 6.11. The van der Waals surface area contributed by atoms with Gasteiger partial charge in [-0.15, -0.1) is 0 Å². The van der Waals surface area contributed by atoms with Crippen LogP contribution in [0.1, 0.15) is 18.2 Å². The van der Waals surface area contributed by atoms with Crippen molar-refractivity contribution < 1.29 is 15.0 Å². The number of carbonyl (C=O) groups excluding carboxylic acids is 1. The van der Waals surface area contributed by atoms with Gasteiger partial charge in [0.2, 0.25) is 5.91 Å². The molecule has 0 saturated carbocycles. The van der Waals surface area contributed by atoms with Gasteiger partial charge in [0, 0.05) is 0 Å². The minimum atomic E-state index is -1.20. The zero-order valence-corrected chi connectivity index (χ0v) is 6.84. The molecule has 0 aliphatic rings. The van der Waals surface area contributed by atoms with Gasteiger partial charge in [-0.1, -0.05) is 0 Å². The molecule has 0 fully saturated rings. The maximum absolute atomic E-state index is 10.4. The summed E-state index contributed by atoms with van der Waals surface area (Å²) in [6.45, 7) is 0. The van der Waals surface area contributed by atoms with Gasteiger partial charge in [-0.2, -0.15) is 0 Å². The lowest BCUT2D eigenvalue weighted by Gasteiger charge is -2.14. The first kappa shape index (κ1) is 9.69. The van der Waals surface area contributed by atoms with Gasteiger partial charge in [0.25, 0.3) is 0 Å². The third-order valence-electron chi connectivity index (χ3n) is 1.61. The number of primary amides is 1. The van der Waals surface area contributed by atoms with E-state index in [1.807, 2.05) is 0 Å². The van der Waals surface area contributed by atoms with Gasteiger partial charge < -0.3 is 20.9 Å². The maximum Gasteiger partial charge on any atom is 0.220 e. The monoisotopic (exact) mass is 185 g/mol. The molecule has 6 heteroatoms. The molecule has 0 saturated heterocycles. The molecule has 72 valence electrons. The van der Waals surface area contributed by atoms with Gasteiger partial charge in [0.15, 0.2) is 0 Å². The minimum absolute atomic E-state index is 0.278. The third kappa shape index (κ3) is 2.53. The van der Waals surface area contributed by atoms with Crippen LogP contribution in [-0.4, -0.2) is 32.2 Å². The van der Waals surface area contributed by atoms with E-state index in [0.29, 0.717) is 5.69 Å². The number of imidazole rings is 1. The van der Waals surface area contributed by atoms with E-state index in [2.05, 4.69) is 9.97 Å². The second-order valence-corrected chi connectivity index (χ2v) is 2.69. The Kier molecular flexibility index (Phi) is 2.99. The summed E-state index contributed by atoms with van der Waals surface area (Å²) in [4.78, 5) is 16.7. The molecule has 0 spiro atoms. The summed E-state index contributed by atoms with van der Waals surface area (Å²) in [6, 6.07) is 0. The van der Waals surface area contributed by atoms with E-state index >= 15 is 0 Å². The molecule has 1 rings (SSSR count). The highest BCUT2D eigenvalue weighted by Crippen LogP contribution is 2.15. The number of hydrogen-bond donors (Lipinski definition) is 4. The van der Waals surface area contributed by atoms with Crippen molar-refractivity contribution in [3.8, 4) is 0 Å². The number of H-pyrrole nitrogens is 1. The van der Waals surface area contributed by atoms with Crippen molar-refractivity contribution in [1.82, 2.24) is 9.97 Å². The summed E-state index contributed by atoms with van der Waals surface area (Å²) >= 11 is 0. The number of aromatic nitrogens is 2. The Bertz CT molecular complexity index is 273. The molecule has 0 aliphatic carbocycles. The van der Waals surface area contributed by atoms with E-state index in [-0.39, 0.29) is 6.42 Å². The van der Waals surface area contributed by atoms with Gasteiger partial charge in [0.05, 0.1) is 30.7 Å². The minimum Gasteiger partial charge on any atom is -0.389 e. The van der Waals surface area contributed by atoms with Gasteiger partial charge >= 0.3 is 0 Å². The van der Waals surface area contributed by atoms with E-state index in [1.165, 1.54) is 12.5 Å². The first-order valence-corrected chi connectivity index (χ1v) is 3.74. The SMILES string of the molecule is NC(=O)CC(O)C(O)c1cnc[nH]1. The normalized spacial score (nSPS) is 15.2. The maximum atomic E-state index is 10.4. The number of aliphatic hydroxyl groups is 2. The summed E-state index contributed by atoms with van der Waals surface area (Å²) in [5.41, 5.74) is 5.20. The van der Waals surface area contributed by atoms with Gasteiger partial charge in [-0.3, -0.25) is 4.79 Å². The molecular formula is C7H11N3O3. The summed E-state index contributed by atoms with van der Waals surface area (Å²) in [6.07, 6.45) is 0.109. The van der Waals surface area contributed by atoms with Crippen molar-refractivity contribution in [3.05, 3.63) is 18.2 Å².